The number of nitrogens with one attached hydrogen (secondary N) is 1. The molecule has 1 unspecified atom stereocenters. The number of hydrogen-bond acceptors (Lipinski definition) is 2. The molecule has 0 aliphatic heterocycles. The zero-order valence-corrected chi connectivity index (χ0v) is 11.8. The second kappa shape index (κ2) is 7.62. The number of benzene rings is 1. The molecule has 1 rings (SSSR count). The fraction of sp³-hybridized carbons (Fsp3) is 0.462. The fourth-order valence-corrected chi connectivity index (χ4v) is 2.28. The lowest BCUT2D eigenvalue weighted by Gasteiger charge is -2.13. The maximum absolute atomic E-state index is 11.9. The van der Waals surface area contributed by atoms with Gasteiger partial charge in [-0.25, -0.2) is 0 Å². The Bertz CT molecular complexity index is 370. The SMILES string of the molecule is CCSCC(C)NC(=O)c1cccc(CCl)c1. The Kier molecular flexibility index (Phi) is 6.45. The van der Waals surface area contributed by atoms with Gasteiger partial charge < -0.3 is 5.32 Å². The predicted molar refractivity (Wildman–Crippen MR) is 75.9 cm³/mol. The summed E-state index contributed by atoms with van der Waals surface area (Å²) in [6.45, 7) is 4.13. The van der Waals surface area contributed by atoms with Crippen LogP contribution in [0.4, 0.5) is 0 Å². The van der Waals surface area contributed by atoms with Crippen molar-refractivity contribution in [1.29, 1.82) is 0 Å². The van der Waals surface area contributed by atoms with E-state index in [-0.39, 0.29) is 11.9 Å². The molecule has 1 atom stereocenters. The van der Waals surface area contributed by atoms with Crippen molar-refractivity contribution < 1.29 is 4.79 Å². The van der Waals surface area contributed by atoms with E-state index in [1.54, 1.807) is 0 Å². The highest BCUT2D eigenvalue weighted by molar-refractivity contribution is 7.99. The van der Waals surface area contributed by atoms with E-state index in [0.717, 1.165) is 17.1 Å². The van der Waals surface area contributed by atoms with Gasteiger partial charge in [-0.2, -0.15) is 11.8 Å². The lowest BCUT2D eigenvalue weighted by Crippen LogP contribution is -2.34. The monoisotopic (exact) mass is 271 g/mol. The molecule has 1 aromatic rings. The molecule has 1 N–H and O–H groups in total. The normalized spacial score (nSPS) is 12.2. The van der Waals surface area contributed by atoms with E-state index in [4.69, 9.17) is 11.6 Å². The van der Waals surface area contributed by atoms with Crippen molar-refractivity contribution in [3.05, 3.63) is 35.4 Å². The maximum Gasteiger partial charge on any atom is 0.251 e. The molecule has 0 heterocycles. The Balaban J connectivity index is 2.56. The van der Waals surface area contributed by atoms with Crippen LogP contribution in [0.1, 0.15) is 29.8 Å². The Morgan fingerprint density at radius 2 is 2.29 bits per heavy atom. The molecule has 0 fully saturated rings. The molecule has 0 aromatic heterocycles. The van der Waals surface area contributed by atoms with Gasteiger partial charge in [0.1, 0.15) is 0 Å². The number of halogens is 1. The Morgan fingerprint density at radius 3 is 2.94 bits per heavy atom. The van der Waals surface area contributed by atoms with E-state index >= 15 is 0 Å². The molecule has 0 aliphatic rings. The van der Waals surface area contributed by atoms with Crippen LogP contribution in [0.3, 0.4) is 0 Å². The third-order valence-corrected chi connectivity index (χ3v) is 3.75. The molecule has 0 spiro atoms. The average molecular weight is 272 g/mol. The van der Waals surface area contributed by atoms with Crippen LogP contribution in [-0.2, 0) is 5.88 Å². The minimum Gasteiger partial charge on any atom is -0.349 e. The van der Waals surface area contributed by atoms with Crippen molar-refractivity contribution in [1.82, 2.24) is 5.32 Å². The third kappa shape index (κ3) is 5.00. The van der Waals surface area contributed by atoms with Gasteiger partial charge in [-0.15, -0.1) is 11.6 Å². The lowest BCUT2D eigenvalue weighted by atomic mass is 10.1. The summed E-state index contributed by atoms with van der Waals surface area (Å²) in [6.07, 6.45) is 0. The highest BCUT2D eigenvalue weighted by Crippen LogP contribution is 2.08. The molecular weight excluding hydrogens is 254 g/mol. The molecule has 0 radical (unpaired) electrons. The van der Waals surface area contributed by atoms with Gasteiger partial charge in [-0.1, -0.05) is 19.1 Å². The summed E-state index contributed by atoms with van der Waals surface area (Å²) < 4.78 is 0. The quantitative estimate of drug-likeness (QED) is 0.805. The minimum atomic E-state index is -0.0267. The summed E-state index contributed by atoms with van der Waals surface area (Å²) >= 11 is 7.57. The van der Waals surface area contributed by atoms with Crippen molar-refractivity contribution in [2.24, 2.45) is 0 Å². The van der Waals surface area contributed by atoms with Crippen LogP contribution in [0.15, 0.2) is 24.3 Å². The van der Waals surface area contributed by atoms with Gasteiger partial charge in [0.25, 0.3) is 5.91 Å². The topological polar surface area (TPSA) is 29.1 Å². The van der Waals surface area contributed by atoms with Gasteiger partial charge in [-0.3, -0.25) is 4.79 Å². The number of carbonyl (C=O) groups excluding carboxylic acids is 1. The largest absolute Gasteiger partial charge is 0.349 e. The van der Waals surface area contributed by atoms with E-state index in [0.29, 0.717) is 11.4 Å². The first-order valence-corrected chi connectivity index (χ1v) is 7.39. The average Bonchev–Trinajstić information content (AvgIpc) is 2.36. The number of hydrogen-bond donors (Lipinski definition) is 1. The smallest absolute Gasteiger partial charge is 0.251 e. The lowest BCUT2D eigenvalue weighted by molar-refractivity contribution is 0.0943. The van der Waals surface area contributed by atoms with E-state index in [1.807, 2.05) is 43.0 Å². The predicted octanol–water partition coefficient (Wildman–Crippen LogP) is 3.30. The minimum absolute atomic E-state index is 0.0267. The molecule has 17 heavy (non-hydrogen) atoms. The van der Waals surface area contributed by atoms with E-state index < -0.39 is 0 Å². The summed E-state index contributed by atoms with van der Waals surface area (Å²) in [5.74, 6) is 2.42. The van der Waals surface area contributed by atoms with Gasteiger partial charge in [-0.05, 0) is 30.4 Å². The first-order chi connectivity index (χ1) is 8.17. The summed E-state index contributed by atoms with van der Waals surface area (Å²) in [5.41, 5.74) is 1.64. The highest BCUT2D eigenvalue weighted by atomic mass is 35.5. The second-order valence-corrected chi connectivity index (χ2v) is 5.45. The molecule has 0 saturated heterocycles. The summed E-state index contributed by atoms with van der Waals surface area (Å²) in [5, 5.41) is 2.98. The van der Waals surface area contributed by atoms with E-state index in [2.05, 4.69) is 12.2 Å². The molecule has 1 aromatic carbocycles. The van der Waals surface area contributed by atoms with Crippen LogP contribution in [0.5, 0.6) is 0 Å². The summed E-state index contributed by atoms with van der Waals surface area (Å²) in [4.78, 5) is 11.9. The zero-order chi connectivity index (χ0) is 12.7. The third-order valence-electron chi connectivity index (χ3n) is 2.29. The number of thioether (sulfide) groups is 1. The van der Waals surface area contributed by atoms with Crippen LogP contribution in [0, 0.1) is 0 Å². The molecular formula is C13H18ClNOS. The van der Waals surface area contributed by atoms with Crippen LogP contribution in [-0.4, -0.2) is 23.5 Å². The molecule has 2 nitrogen and oxygen atoms in total. The number of amides is 1. The van der Waals surface area contributed by atoms with Gasteiger partial charge in [0.05, 0.1) is 0 Å². The van der Waals surface area contributed by atoms with Crippen molar-refractivity contribution in [2.75, 3.05) is 11.5 Å². The Morgan fingerprint density at radius 1 is 1.53 bits per heavy atom. The molecule has 0 bridgehead atoms. The standard InChI is InChI=1S/C13H18ClNOS/c1-3-17-9-10(2)15-13(16)12-6-4-5-11(7-12)8-14/h4-7,10H,3,8-9H2,1-2H3,(H,15,16). The van der Waals surface area contributed by atoms with E-state index in [1.165, 1.54) is 0 Å². The first kappa shape index (κ1) is 14.4. The van der Waals surface area contributed by atoms with Gasteiger partial charge in [0.15, 0.2) is 0 Å². The van der Waals surface area contributed by atoms with Crippen molar-refractivity contribution >= 4 is 29.3 Å². The van der Waals surface area contributed by atoms with Crippen LogP contribution in [0.2, 0.25) is 0 Å². The molecule has 4 heteroatoms. The van der Waals surface area contributed by atoms with Gasteiger partial charge in [0, 0.05) is 23.2 Å². The highest BCUT2D eigenvalue weighted by Gasteiger charge is 2.09. The number of carbonyl (C=O) groups is 1. The molecule has 0 saturated carbocycles. The summed E-state index contributed by atoms with van der Waals surface area (Å²) in [7, 11) is 0. The van der Waals surface area contributed by atoms with Gasteiger partial charge in [0.2, 0.25) is 0 Å². The Hall–Kier alpha value is -0.670. The number of rotatable bonds is 6. The second-order valence-electron chi connectivity index (χ2n) is 3.87. The Labute approximate surface area is 112 Å². The van der Waals surface area contributed by atoms with Crippen molar-refractivity contribution in [3.8, 4) is 0 Å². The van der Waals surface area contributed by atoms with Crippen LogP contribution >= 0.6 is 23.4 Å². The maximum atomic E-state index is 11.9. The first-order valence-electron chi connectivity index (χ1n) is 5.71. The molecule has 94 valence electrons. The molecule has 0 aliphatic carbocycles. The van der Waals surface area contributed by atoms with E-state index in [9.17, 15) is 4.79 Å². The fourth-order valence-electron chi connectivity index (χ4n) is 1.44. The van der Waals surface area contributed by atoms with Crippen LogP contribution < -0.4 is 5.32 Å². The number of alkyl halides is 1. The molecule has 1 amide bonds. The van der Waals surface area contributed by atoms with Crippen molar-refractivity contribution in [2.45, 2.75) is 25.8 Å². The van der Waals surface area contributed by atoms with Gasteiger partial charge >= 0.3 is 0 Å². The van der Waals surface area contributed by atoms with Crippen LogP contribution in [0.25, 0.3) is 0 Å². The summed E-state index contributed by atoms with van der Waals surface area (Å²) in [6, 6.07) is 7.61. The van der Waals surface area contributed by atoms with Crippen molar-refractivity contribution in [3.63, 3.8) is 0 Å². The zero-order valence-electron chi connectivity index (χ0n) is 10.2.